The van der Waals surface area contributed by atoms with Gasteiger partial charge in [-0.15, -0.1) is 0 Å². The molecule has 0 saturated heterocycles. The zero-order chi connectivity index (χ0) is 15.9. The molecule has 1 N–H and O–H groups in total. The van der Waals surface area contributed by atoms with Crippen molar-refractivity contribution in [3.63, 3.8) is 0 Å². The van der Waals surface area contributed by atoms with Crippen LogP contribution in [0.1, 0.15) is 25.3 Å². The van der Waals surface area contributed by atoms with Gasteiger partial charge in [0.1, 0.15) is 16.4 Å². The molecule has 0 aliphatic heterocycles. The third kappa shape index (κ3) is 4.34. The Morgan fingerprint density at radius 2 is 2.09 bits per heavy atom. The van der Waals surface area contributed by atoms with Crippen molar-refractivity contribution in [1.82, 2.24) is 4.98 Å². The van der Waals surface area contributed by atoms with Gasteiger partial charge in [-0.2, -0.15) is 5.26 Å². The zero-order valence-corrected chi connectivity index (χ0v) is 14.0. The van der Waals surface area contributed by atoms with Crippen LogP contribution < -0.4 is 10.1 Å². The van der Waals surface area contributed by atoms with Gasteiger partial charge in [0, 0.05) is 23.5 Å². The summed E-state index contributed by atoms with van der Waals surface area (Å²) in [5, 5.41) is 12.3. The van der Waals surface area contributed by atoms with Crippen molar-refractivity contribution in [3.05, 3.63) is 64.7 Å². The molecular weight excluding hydrogens is 342 g/mol. The van der Waals surface area contributed by atoms with Crippen LogP contribution in [0.3, 0.4) is 0 Å². The molecule has 5 heteroatoms. The molecule has 1 aromatic carbocycles. The van der Waals surface area contributed by atoms with Gasteiger partial charge in [-0.25, -0.2) is 4.98 Å². The molecule has 2 aromatic rings. The van der Waals surface area contributed by atoms with Gasteiger partial charge in [-0.1, -0.05) is 32.0 Å². The highest BCUT2D eigenvalue weighted by molar-refractivity contribution is 9.10. The Kier molecular flexibility index (Phi) is 5.56. The van der Waals surface area contributed by atoms with Crippen LogP contribution in [-0.4, -0.2) is 4.98 Å². The SMILES string of the molecule is CC(C)c1cnc(Br)cc1O/C(C#N)=C/Nc1ccccc1. The average Bonchev–Trinajstić information content (AvgIpc) is 2.52. The minimum Gasteiger partial charge on any atom is -0.444 e. The molecule has 0 fully saturated rings. The Morgan fingerprint density at radius 1 is 1.36 bits per heavy atom. The highest BCUT2D eigenvalue weighted by Crippen LogP contribution is 2.29. The van der Waals surface area contributed by atoms with Crippen molar-refractivity contribution < 1.29 is 4.74 Å². The first kappa shape index (κ1) is 16.1. The maximum atomic E-state index is 9.25. The average molecular weight is 358 g/mol. The number of allylic oxidation sites excluding steroid dienone is 1. The molecule has 22 heavy (non-hydrogen) atoms. The van der Waals surface area contributed by atoms with E-state index in [0.29, 0.717) is 10.4 Å². The summed E-state index contributed by atoms with van der Waals surface area (Å²) < 4.78 is 6.39. The van der Waals surface area contributed by atoms with E-state index in [4.69, 9.17) is 4.74 Å². The van der Waals surface area contributed by atoms with Crippen LogP contribution in [0.25, 0.3) is 0 Å². The lowest BCUT2D eigenvalue weighted by molar-refractivity contribution is 0.438. The van der Waals surface area contributed by atoms with E-state index in [-0.39, 0.29) is 11.7 Å². The van der Waals surface area contributed by atoms with Crippen molar-refractivity contribution in [2.45, 2.75) is 19.8 Å². The van der Waals surface area contributed by atoms with Gasteiger partial charge in [0.15, 0.2) is 0 Å². The first-order chi connectivity index (χ1) is 10.6. The summed E-state index contributed by atoms with van der Waals surface area (Å²) in [6.07, 6.45) is 3.30. The number of ether oxygens (including phenoxy) is 1. The minimum atomic E-state index is 0.184. The number of para-hydroxylation sites is 1. The normalized spacial score (nSPS) is 11.1. The number of nitrogens with one attached hydrogen (secondary N) is 1. The van der Waals surface area contributed by atoms with E-state index >= 15 is 0 Å². The highest BCUT2D eigenvalue weighted by atomic mass is 79.9. The smallest absolute Gasteiger partial charge is 0.219 e. The summed E-state index contributed by atoms with van der Waals surface area (Å²) in [5.74, 6) is 1.06. The van der Waals surface area contributed by atoms with Crippen LogP contribution in [0.4, 0.5) is 5.69 Å². The number of hydrogen-bond acceptors (Lipinski definition) is 4. The standard InChI is InChI=1S/C17H16BrN3O/c1-12(2)15-11-21-17(18)8-16(15)22-14(9-19)10-20-13-6-4-3-5-7-13/h3-8,10-12,20H,1-2H3/b14-10+. The van der Waals surface area contributed by atoms with Crippen LogP contribution in [0, 0.1) is 11.3 Å². The van der Waals surface area contributed by atoms with Crippen LogP contribution in [0.2, 0.25) is 0 Å². The molecule has 0 amide bonds. The second kappa shape index (κ2) is 7.62. The van der Waals surface area contributed by atoms with Gasteiger partial charge in [0.2, 0.25) is 5.76 Å². The molecular formula is C17H16BrN3O. The number of hydrogen-bond donors (Lipinski definition) is 1. The summed E-state index contributed by atoms with van der Waals surface area (Å²) in [4.78, 5) is 4.21. The van der Waals surface area contributed by atoms with Crippen molar-refractivity contribution >= 4 is 21.6 Å². The van der Waals surface area contributed by atoms with E-state index in [9.17, 15) is 5.26 Å². The zero-order valence-electron chi connectivity index (χ0n) is 12.4. The van der Waals surface area contributed by atoms with E-state index in [0.717, 1.165) is 11.3 Å². The number of nitriles is 1. The predicted octanol–water partition coefficient (Wildman–Crippen LogP) is 4.82. The molecule has 1 aromatic heterocycles. The molecule has 0 aliphatic carbocycles. The Hall–Kier alpha value is -2.32. The molecule has 0 unspecified atom stereocenters. The van der Waals surface area contributed by atoms with Crippen molar-refractivity contribution in [1.29, 1.82) is 5.26 Å². The summed E-state index contributed by atoms with van der Waals surface area (Å²) in [7, 11) is 0. The lowest BCUT2D eigenvalue weighted by atomic mass is 10.1. The summed E-state index contributed by atoms with van der Waals surface area (Å²) in [5.41, 5.74) is 1.84. The summed E-state index contributed by atoms with van der Waals surface area (Å²) in [6.45, 7) is 4.10. The van der Waals surface area contributed by atoms with E-state index < -0.39 is 0 Å². The third-order valence-corrected chi connectivity index (χ3v) is 3.39. The van der Waals surface area contributed by atoms with Crippen molar-refractivity contribution in [2.75, 3.05) is 5.32 Å². The Bertz CT molecular complexity index is 706. The maximum Gasteiger partial charge on any atom is 0.219 e. The monoisotopic (exact) mass is 357 g/mol. The number of aromatic nitrogens is 1. The van der Waals surface area contributed by atoms with Gasteiger partial charge in [0.05, 0.1) is 6.20 Å². The van der Waals surface area contributed by atoms with Gasteiger partial charge in [0.25, 0.3) is 0 Å². The lowest BCUT2D eigenvalue weighted by Crippen LogP contribution is -2.02. The van der Waals surface area contributed by atoms with E-state index in [1.807, 2.05) is 36.4 Å². The van der Waals surface area contributed by atoms with E-state index in [2.05, 4.69) is 40.1 Å². The second-order valence-electron chi connectivity index (χ2n) is 4.93. The Labute approximate surface area is 138 Å². The van der Waals surface area contributed by atoms with Crippen molar-refractivity contribution in [3.8, 4) is 11.8 Å². The molecule has 0 spiro atoms. The topological polar surface area (TPSA) is 57.9 Å². The Morgan fingerprint density at radius 3 is 2.73 bits per heavy atom. The third-order valence-electron chi connectivity index (χ3n) is 2.96. The van der Waals surface area contributed by atoms with Gasteiger partial charge in [-0.3, -0.25) is 0 Å². The number of pyridine rings is 1. The summed E-state index contributed by atoms with van der Waals surface area (Å²) in [6, 6.07) is 13.4. The molecule has 0 bridgehead atoms. The molecule has 0 radical (unpaired) electrons. The lowest BCUT2D eigenvalue weighted by Gasteiger charge is -2.13. The first-order valence-electron chi connectivity index (χ1n) is 6.85. The number of benzene rings is 1. The first-order valence-corrected chi connectivity index (χ1v) is 7.64. The largest absolute Gasteiger partial charge is 0.444 e. The predicted molar refractivity (Wildman–Crippen MR) is 90.4 cm³/mol. The molecule has 0 aliphatic rings. The van der Waals surface area contributed by atoms with Gasteiger partial charge in [-0.05, 0) is 34.0 Å². The van der Waals surface area contributed by atoms with Gasteiger partial charge < -0.3 is 10.1 Å². The molecule has 2 rings (SSSR count). The highest BCUT2D eigenvalue weighted by Gasteiger charge is 2.11. The molecule has 4 nitrogen and oxygen atoms in total. The number of anilines is 1. The van der Waals surface area contributed by atoms with Gasteiger partial charge >= 0.3 is 0 Å². The van der Waals surface area contributed by atoms with Crippen molar-refractivity contribution in [2.24, 2.45) is 0 Å². The fourth-order valence-electron chi connectivity index (χ4n) is 1.83. The fraction of sp³-hybridized carbons (Fsp3) is 0.176. The number of nitrogens with zero attached hydrogens (tertiary/aromatic N) is 2. The van der Waals surface area contributed by atoms with Crippen LogP contribution in [0.15, 0.2) is 59.2 Å². The number of halogens is 1. The quantitative estimate of drug-likeness (QED) is 0.473. The van der Waals surface area contributed by atoms with Crippen LogP contribution in [0.5, 0.6) is 5.75 Å². The van der Waals surface area contributed by atoms with E-state index in [1.54, 1.807) is 18.5 Å². The summed E-state index contributed by atoms with van der Waals surface area (Å²) >= 11 is 3.32. The Balaban J connectivity index is 2.20. The fourth-order valence-corrected chi connectivity index (χ4v) is 2.14. The van der Waals surface area contributed by atoms with Crippen LogP contribution >= 0.6 is 15.9 Å². The second-order valence-corrected chi connectivity index (χ2v) is 5.74. The maximum absolute atomic E-state index is 9.25. The molecule has 112 valence electrons. The molecule has 0 atom stereocenters. The van der Waals surface area contributed by atoms with E-state index in [1.165, 1.54) is 0 Å². The molecule has 1 heterocycles. The molecule has 0 saturated carbocycles. The minimum absolute atomic E-state index is 0.184. The van der Waals surface area contributed by atoms with Crippen LogP contribution in [-0.2, 0) is 0 Å². The number of rotatable bonds is 5.